The van der Waals surface area contributed by atoms with E-state index in [0.717, 1.165) is 21.3 Å². The Morgan fingerprint density at radius 3 is 2.64 bits per heavy atom. The van der Waals surface area contributed by atoms with Gasteiger partial charge in [-0.25, -0.2) is 0 Å². The maximum absolute atomic E-state index is 9.27. The quantitative estimate of drug-likeness (QED) is 0.904. The summed E-state index contributed by atoms with van der Waals surface area (Å²) in [5.74, 6) is 0.857. The number of aliphatic hydroxyl groups excluding tert-OH is 1. The van der Waals surface area contributed by atoms with Crippen LogP contribution in [0.25, 0.3) is 0 Å². The summed E-state index contributed by atoms with van der Waals surface area (Å²) in [6, 6.07) is 3.98. The van der Waals surface area contributed by atoms with E-state index in [2.05, 4.69) is 15.9 Å². The Kier molecular flexibility index (Phi) is 3.96. The molecule has 0 aliphatic rings. The first-order valence-corrected chi connectivity index (χ1v) is 5.35. The zero-order valence-electron chi connectivity index (χ0n) is 8.67. The average molecular weight is 259 g/mol. The molecule has 0 saturated heterocycles. The molecule has 0 aliphatic carbocycles. The van der Waals surface area contributed by atoms with Gasteiger partial charge in [0.25, 0.3) is 0 Å². The summed E-state index contributed by atoms with van der Waals surface area (Å²) in [7, 11) is 1.65. The summed E-state index contributed by atoms with van der Waals surface area (Å²) in [5.41, 5.74) is 2.16. The first kappa shape index (κ1) is 11.5. The van der Waals surface area contributed by atoms with Gasteiger partial charge in [-0.3, -0.25) is 0 Å². The third-order valence-corrected chi connectivity index (χ3v) is 2.93. The van der Waals surface area contributed by atoms with Gasteiger partial charge in [0.2, 0.25) is 0 Å². The fourth-order valence-electron chi connectivity index (χ4n) is 1.38. The van der Waals surface area contributed by atoms with Crippen LogP contribution in [-0.4, -0.2) is 18.3 Å². The molecule has 1 aromatic carbocycles. The van der Waals surface area contributed by atoms with Gasteiger partial charge in [0.05, 0.1) is 13.2 Å². The van der Waals surface area contributed by atoms with Gasteiger partial charge in [-0.2, -0.15) is 0 Å². The highest BCUT2D eigenvalue weighted by Crippen LogP contribution is 2.28. The second kappa shape index (κ2) is 4.80. The first-order valence-electron chi connectivity index (χ1n) is 4.55. The minimum atomic E-state index is -0.325. The van der Waals surface area contributed by atoms with Crippen LogP contribution < -0.4 is 4.74 Å². The highest BCUT2D eigenvalue weighted by Gasteiger charge is 2.07. The molecule has 14 heavy (non-hydrogen) atoms. The average Bonchev–Trinajstić information content (AvgIpc) is 2.10. The Morgan fingerprint density at radius 1 is 1.50 bits per heavy atom. The summed E-state index contributed by atoms with van der Waals surface area (Å²) in [6.45, 7) is 3.77. The zero-order valence-corrected chi connectivity index (χ0v) is 10.3. The highest BCUT2D eigenvalue weighted by atomic mass is 79.9. The largest absolute Gasteiger partial charge is 0.496 e. The number of hydrogen-bond donors (Lipinski definition) is 1. The molecule has 0 heterocycles. The molecule has 1 unspecified atom stereocenters. The number of aliphatic hydroxyl groups is 1. The maximum atomic E-state index is 9.27. The molecular weight excluding hydrogens is 244 g/mol. The minimum absolute atomic E-state index is 0.325. The van der Waals surface area contributed by atoms with Crippen molar-refractivity contribution in [3.8, 4) is 5.75 Å². The molecule has 1 aromatic rings. The molecule has 0 aliphatic heterocycles. The monoisotopic (exact) mass is 258 g/mol. The molecule has 3 heteroatoms. The number of halogens is 1. The molecule has 0 bridgehead atoms. The Hall–Kier alpha value is -0.540. The Morgan fingerprint density at radius 2 is 2.14 bits per heavy atom. The van der Waals surface area contributed by atoms with E-state index in [9.17, 15) is 5.11 Å². The fourth-order valence-corrected chi connectivity index (χ4v) is 1.87. The molecule has 0 fully saturated rings. The Bertz CT molecular complexity index is 321. The van der Waals surface area contributed by atoms with Crippen molar-refractivity contribution >= 4 is 15.9 Å². The van der Waals surface area contributed by atoms with Gasteiger partial charge in [-0.05, 0) is 38.0 Å². The van der Waals surface area contributed by atoms with Gasteiger partial charge in [0, 0.05) is 10.0 Å². The third-order valence-electron chi connectivity index (χ3n) is 2.11. The number of methoxy groups -OCH3 is 1. The predicted molar refractivity (Wildman–Crippen MR) is 60.8 cm³/mol. The smallest absolute Gasteiger partial charge is 0.123 e. The lowest BCUT2D eigenvalue weighted by Gasteiger charge is -2.11. The summed E-state index contributed by atoms with van der Waals surface area (Å²) >= 11 is 3.47. The number of benzene rings is 1. The van der Waals surface area contributed by atoms with Crippen LogP contribution in [0.1, 0.15) is 18.1 Å². The number of ether oxygens (including phenoxy) is 1. The van der Waals surface area contributed by atoms with Gasteiger partial charge in [-0.15, -0.1) is 0 Å². The van der Waals surface area contributed by atoms with Crippen LogP contribution in [-0.2, 0) is 6.42 Å². The SMILES string of the molecule is COc1cc(CC(C)O)cc(Br)c1C. The van der Waals surface area contributed by atoms with E-state index in [1.54, 1.807) is 14.0 Å². The molecule has 0 saturated carbocycles. The van der Waals surface area contributed by atoms with Crippen molar-refractivity contribution in [1.29, 1.82) is 0 Å². The third kappa shape index (κ3) is 2.72. The molecule has 0 radical (unpaired) electrons. The highest BCUT2D eigenvalue weighted by molar-refractivity contribution is 9.10. The molecule has 1 N–H and O–H groups in total. The molecule has 1 atom stereocenters. The van der Waals surface area contributed by atoms with Crippen molar-refractivity contribution in [2.45, 2.75) is 26.4 Å². The van der Waals surface area contributed by atoms with E-state index in [-0.39, 0.29) is 6.10 Å². The minimum Gasteiger partial charge on any atom is -0.496 e. The zero-order chi connectivity index (χ0) is 10.7. The van der Waals surface area contributed by atoms with Crippen molar-refractivity contribution in [3.63, 3.8) is 0 Å². The molecule has 0 spiro atoms. The van der Waals surface area contributed by atoms with Gasteiger partial charge in [0.1, 0.15) is 5.75 Å². The van der Waals surface area contributed by atoms with Gasteiger partial charge >= 0.3 is 0 Å². The predicted octanol–water partition coefficient (Wildman–Crippen LogP) is 2.69. The normalized spacial score (nSPS) is 12.6. The number of hydrogen-bond acceptors (Lipinski definition) is 2. The van der Waals surface area contributed by atoms with Crippen LogP contribution in [0, 0.1) is 6.92 Å². The van der Waals surface area contributed by atoms with E-state index in [0.29, 0.717) is 6.42 Å². The van der Waals surface area contributed by atoms with Crippen LogP contribution in [0.2, 0.25) is 0 Å². The van der Waals surface area contributed by atoms with Crippen LogP contribution in [0.15, 0.2) is 16.6 Å². The summed E-state index contributed by atoms with van der Waals surface area (Å²) in [5, 5.41) is 9.27. The summed E-state index contributed by atoms with van der Waals surface area (Å²) in [4.78, 5) is 0. The maximum Gasteiger partial charge on any atom is 0.123 e. The van der Waals surface area contributed by atoms with Crippen LogP contribution >= 0.6 is 15.9 Å². The molecular formula is C11H15BrO2. The van der Waals surface area contributed by atoms with Crippen molar-refractivity contribution in [3.05, 3.63) is 27.7 Å². The molecule has 2 nitrogen and oxygen atoms in total. The van der Waals surface area contributed by atoms with Crippen LogP contribution in [0.4, 0.5) is 0 Å². The molecule has 0 aromatic heterocycles. The van der Waals surface area contributed by atoms with Crippen LogP contribution in [0.5, 0.6) is 5.75 Å². The van der Waals surface area contributed by atoms with Gasteiger partial charge < -0.3 is 9.84 Å². The van der Waals surface area contributed by atoms with Gasteiger partial charge in [-0.1, -0.05) is 15.9 Å². The lowest BCUT2D eigenvalue weighted by molar-refractivity contribution is 0.195. The topological polar surface area (TPSA) is 29.5 Å². The van der Waals surface area contributed by atoms with Crippen molar-refractivity contribution in [2.75, 3.05) is 7.11 Å². The van der Waals surface area contributed by atoms with E-state index >= 15 is 0 Å². The Balaban J connectivity index is 3.03. The lowest BCUT2D eigenvalue weighted by atomic mass is 10.1. The lowest BCUT2D eigenvalue weighted by Crippen LogP contribution is -2.04. The molecule has 78 valence electrons. The second-order valence-corrected chi connectivity index (χ2v) is 4.31. The second-order valence-electron chi connectivity index (χ2n) is 3.46. The van der Waals surface area contributed by atoms with Crippen molar-refractivity contribution < 1.29 is 9.84 Å². The van der Waals surface area contributed by atoms with Crippen molar-refractivity contribution in [2.24, 2.45) is 0 Å². The summed E-state index contributed by atoms with van der Waals surface area (Å²) < 4.78 is 6.26. The van der Waals surface area contributed by atoms with E-state index in [4.69, 9.17) is 4.74 Å². The fraction of sp³-hybridized carbons (Fsp3) is 0.455. The van der Waals surface area contributed by atoms with Crippen molar-refractivity contribution in [1.82, 2.24) is 0 Å². The molecule has 0 amide bonds. The van der Waals surface area contributed by atoms with E-state index in [1.165, 1.54) is 0 Å². The number of rotatable bonds is 3. The molecule has 1 rings (SSSR count). The summed E-state index contributed by atoms with van der Waals surface area (Å²) in [6.07, 6.45) is 0.323. The standard InChI is InChI=1S/C11H15BrO2/c1-7(13)4-9-5-10(12)8(2)11(6-9)14-3/h5-7,13H,4H2,1-3H3. The first-order chi connectivity index (χ1) is 6.54. The van der Waals surface area contributed by atoms with E-state index < -0.39 is 0 Å². The van der Waals surface area contributed by atoms with Crippen LogP contribution in [0.3, 0.4) is 0 Å². The van der Waals surface area contributed by atoms with E-state index in [1.807, 2.05) is 19.1 Å². The van der Waals surface area contributed by atoms with Gasteiger partial charge in [0.15, 0.2) is 0 Å². The Labute approximate surface area is 93.0 Å².